The third kappa shape index (κ3) is 3.18. The third-order valence-corrected chi connectivity index (χ3v) is 3.48. The molecule has 0 aliphatic heterocycles. The zero-order valence-corrected chi connectivity index (χ0v) is 12.1. The molecule has 0 aliphatic carbocycles. The van der Waals surface area contributed by atoms with Crippen LogP contribution in [0.3, 0.4) is 0 Å². The number of hydrogen-bond donors (Lipinski definition) is 0. The van der Waals surface area contributed by atoms with Crippen molar-refractivity contribution >= 4 is 17.0 Å². The maximum absolute atomic E-state index is 12.2. The van der Waals surface area contributed by atoms with Crippen LogP contribution >= 0.6 is 0 Å². The largest absolute Gasteiger partial charge is 0.426 e. The van der Waals surface area contributed by atoms with Gasteiger partial charge < -0.3 is 4.42 Å². The highest BCUT2D eigenvalue weighted by Crippen LogP contribution is 2.15. The molecule has 0 bridgehead atoms. The van der Waals surface area contributed by atoms with Gasteiger partial charge in [0.05, 0.1) is 5.52 Å². The summed E-state index contributed by atoms with van der Waals surface area (Å²) in [4.78, 5) is 24.0. The molecule has 0 atom stereocenters. The van der Waals surface area contributed by atoms with Crippen LogP contribution in [0.1, 0.15) is 55.8 Å². The number of carbonyl (C=O) groups excluding carboxylic acids is 1. The van der Waals surface area contributed by atoms with E-state index in [1.807, 2.05) is 13.0 Å². The first-order chi connectivity index (χ1) is 9.63. The van der Waals surface area contributed by atoms with Gasteiger partial charge in [-0.05, 0) is 31.0 Å². The van der Waals surface area contributed by atoms with E-state index >= 15 is 0 Å². The molecule has 0 radical (unpaired) electrons. The number of fused-ring (bicyclic) bond motifs is 1. The van der Waals surface area contributed by atoms with Crippen LogP contribution in [0.4, 0.5) is 0 Å². The van der Waals surface area contributed by atoms with E-state index in [-0.39, 0.29) is 5.91 Å². The quantitative estimate of drug-likeness (QED) is 0.751. The Labute approximate surface area is 118 Å². The van der Waals surface area contributed by atoms with Crippen molar-refractivity contribution in [3.05, 3.63) is 34.3 Å². The summed E-state index contributed by atoms with van der Waals surface area (Å²) in [6, 6.07) is 5.43. The lowest BCUT2D eigenvalue weighted by Crippen LogP contribution is -2.22. The molecule has 0 spiro atoms. The predicted molar refractivity (Wildman–Crippen MR) is 79.2 cm³/mol. The second-order valence-corrected chi connectivity index (χ2v) is 5.23. The van der Waals surface area contributed by atoms with Gasteiger partial charge in [-0.1, -0.05) is 38.7 Å². The molecular formula is C16H21NO3. The van der Waals surface area contributed by atoms with E-state index < -0.39 is 5.76 Å². The highest BCUT2D eigenvalue weighted by molar-refractivity contribution is 5.89. The topological polar surface area (TPSA) is 52.2 Å². The van der Waals surface area contributed by atoms with Crippen molar-refractivity contribution in [3.8, 4) is 0 Å². The highest BCUT2D eigenvalue weighted by atomic mass is 16.4. The van der Waals surface area contributed by atoms with E-state index in [2.05, 4.69) is 6.92 Å². The SMILES string of the molecule is CCCCCCCC(=O)n1c(=O)oc2cc(C)ccc21. The first-order valence-corrected chi connectivity index (χ1v) is 7.29. The Morgan fingerprint density at radius 1 is 1.20 bits per heavy atom. The second kappa shape index (κ2) is 6.55. The van der Waals surface area contributed by atoms with Crippen molar-refractivity contribution in [2.24, 2.45) is 0 Å². The molecule has 2 aromatic rings. The van der Waals surface area contributed by atoms with Crippen LogP contribution in [0.5, 0.6) is 0 Å². The normalized spacial score (nSPS) is 11.1. The summed E-state index contributed by atoms with van der Waals surface area (Å²) >= 11 is 0. The number of hydrogen-bond acceptors (Lipinski definition) is 3. The summed E-state index contributed by atoms with van der Waals surface area (Å²) in [5, 5.41) is 0. The molecule has 4 heteroatoms. The minimum atomic E-state index is -0.579. The number of oxazole rings is 1. The molecule has 0 fully saturated rings. The smallest absolute Gasteiger partial charge is 0.407 e. The van der Waals surface area contributed by atoms with Crippen molar-refractivity contribution in [1.82, 2.24) is 4.57 Å². The number of aromatic nitrogens is 1. The Hall–Kier alpha value is -1.84. The minimum absolute atomic E-state index is 0.172. The van der Waals surface area contributed by atoms with Gasteiger partial charge in [0, 0.05) is 6.42 Å². The van der Waals surface area contributed by atoms with E-state index in [1.165, 1.54) is 12.8 Å². The summed E-state index contributed by atoms with van der Waals surface area (Å²) in [5.74, 6) is -0.752. The Bertz CT molecular complexity index is 651. The fourth-order valence-corrected chi connectivity index (χ4v) is 2.35. The second-order valence-electron chi connectivity index (χ2n) is 5.23. The fourth-order valence-electron chi connectivity index (χ4n) is 2.35. The van der Waals surface area contributed by atoms with Crippen molar-refractivity contribution in [3.63, 3.8) is 0 Å². The first kappa shape index (κ1) is 14.6. The standard InChI is InChI=1S/C16H21NO3/c1-3-4-5-6-7-8-15(18)17-13-10-9-12(2)11-14(13)20-16(17)19/h9-11H,3-8H2,1-2H3. The molecule has 1 aromatic heterocycles. The van der Waals surface area contributed by atoms with E-state index in [4.69, 9.17) is 4.42 Å². The van der Waals surface area contributed by atoms with E-state index in [0.29, 0.717) is 17.5 Å². The van der Waals surface area contributed by atoms with Crippen LogP contribution in [-0.2, 0) is 0 Å². The van der Waals surface area contributed by atoms with Crippen molar-refractivity contribution < 1.29 is 9.21 Å². The van der Waals surface area contributed by atoms with Gasteiger partial charge in [0.15, 0.2) is 5.58 Å². The average molecular weight is 275 g/mol. The van der Waals surface area contributed by atoms with Gasteiger partial charge in [-0.25, -0.2) is 9.36 Å². The third-order valence-electron chi connectivity index (χ3n) is 3.48. The Kier molecular flexibility index (Phi) is 4.77. The van der Waals surface area contributed by atoms with Crippen LogP contribution in [0, 0.1) is 6.92 Å². The maximum atomic E-state index is 12.2. The monoisotopic (exact) mass is 275 g/mol. The number of unbranched alkanes of at least 4 members (excludes halogenated alkanes) is 4. The molecular weight excluding hydrogens is 254 g/mol. The van der Waals surface area contributed by atoms with E-state index in [1.54, 1.807) is 12.1 Å². The number of benzene rings is 1. The summed E-state index contributed by atoms with van der Waals surface area (Å²) < 4.78 is 6.29. The lowest BCUT2D eigenvalue weighted by atomic mass is 10.1. The number of aryl methyl sites for hydroxylation is 1. The Morgan fingerprint density at radius 3 is 2.70 bits per heavy atom. The van der Waals surface area contributed by atoms with Crippen LogP contribution < -0.4 is 5.76 Å². The van der Waals surface area contributed by atoms with Crippen LogP contribution in [0.15, 0.2) is 27.4 Å². The lowest BCUT2D eigenvalue weighted by Gasteiger charge is -2.01. The molecule has 2 rings (SSSR count). The van der Waals surface area contributed by atoms with Crippen molar-refractivity contribution in [2.45, 2.75) is 52.4 Å². The van der Waals surface area contributed by atoms with Crippen LogP contribution in [-0.4, -0.2) is 10.5 Å². The van der Waals surface area contributed by atoms with Crippen LogP contribution in [0.2, 0.25) is 0 Å². The molecule has 20 heavy (non-hydrogen) atoms. The molecule has 1 heterocycles. The molecule has 0 saturated heterocycles. The molecule has 4 nitrogen and oxygen atoms in total. The fraction of sp³-hybridized carbons (Fsp3) is 0.500. The Morgan fingerprint density at radius 2 is 1.95 bits per heavy atom. The average Bonchev–Trinajstić information content (AvgIpc) is 2.73. The summed E-state index contributed by atoms with van der Waals surface area (Å²) in [7, 11) is 0. The van der Waals surface area contributed by atoms with Gasteiger partial charge in [-0.3, -0.25) is 4.79 Å². The lowest BCUT2D eigenvalue weighted by molar-refractivity contribution is 0.0895. The Balaban J connectivity index is 2.10. The van der Waals surface area contributed by atoms with Gasteiger partial charge >= 0.3 is 5.76 Å². The zero-order chi connectivity index (χ0) is 14.5. The van der Waals surface area contributed by atoms with Crippen LogP contribution in [0.25, 0.3) is 11.1 Å². The van der Waals surface area contributed by atoms with Gasteiger partial charge in [-0.15, -0.1) is 0 Å². The van der Waals surface area contributed by atoms with Crippen molar-refractivity contribution in [2.75, 3.05) is 0 Å². The molecule has 0 unspecified atom stereocenters. The number of rotatable bonds is 6. The summed E-state index contributed by atoms with van der Waals surface area (Å²) in [6.45, 7) is 4.08. The van der Waals surface area contributed by atoms with E-state index in [0.717, 1.165) is 29.4 Å². The van der Waals surface area contributed by atoms with Gasteiger partial charge in [-0.2, -0.15) is 0 Å². The maximum Gasteiger partial charge on any atom is 0.426 e. The minimum Gasteiger partial charge on any atom is -0.407 e. The van der Waals surface area contributed by atoms with Gasteiger partial charge in [0.1, 0.15) is 0 Å². The molecule has 0 aliphatic rings. The molecule has 0 saturated carbocycles. The molecule has 108 valence electrons. The van der Waals surface area contributed by atoms with Gasteiger partial charge in [0.2, 0.25) is 5.91 Å². The highest BCUT2D eigenvalue weighted by Gasteiger charge is 2.15. The summed E-state index contributed by atoms with van der Waals surface area (Å²) in [6.07, 6.45) is 5.77. The molecule has 0 N–H and O–H groups in total. The van der Waals surface area contributed by atoms with E-state index in [9.17, 15) is 9.59 Å². The number of carbonyl (C=O) groups is 1. The van der Waals surface area contributed by atoms with Crippen molar-refractivity contribution in [1.29, 1.82) is 0 Å². The summed E-state index contributed by atoms with van der Waals surface area (Å²) in [5.41, 5.74) is 2.05. The molecule has 1 aromatic carbocycles. The molecule has 0 amide bonds. The van der Waals surface area contributed by atoms with Gasteiger partial charge in [0.25, 0.3) is 0 Å². The zero-order valence-electron chi connectivity index (χ0n) is 12.1. The predicted octanol–water partition coefficient (Wildman–Crippen LogP) is 3.90. The first-order valence-electron chi connectivity index (χ1n) is 7.29. The number of nitrogens with zero attached hydrogens (tertiary/aromatic N) is 1.